The monoisotopic (exact) mass is 485 g/mol. The van der Waals surface area contributed by atoms with E-state index in [4.69, 9.17) is 0 Å². The van der Waals surface area contributed by atoms with Gasteiger partial charge in [-0.05, 0) is 44.5 Å². The van der Waals surface area contributed by atoms with Crippen LogP contribution in [0.2, 0.25) is 0 Å². The Hall–Kier alpha value is -3.20. The minimum atomic E-state index is -4.22. The molecule has 1 N–H and O–H groups in total. The molecule has 0 unspecified atom stereocenters. The van der Waals surface area contributed by atoms with E-state index in [2.05, 4.69) is 5.32 Å². The first-order valence-corrected chi connectivity index (χ1v) is 12.9. The normalized spacial score (nSPS) is 15.0. The van der Waals surface area contributed by atoms with Crippen molar-refractivity contribution >= 4 is 27.6 Å². The Labute approximate surface area is 200 Å². The summed E-state index contributed by atoms with van der Waals surface area (Å²) in [5.74, 6) is -1.33. The maximum absolute atomic E-state index is 13.5. The Morgan fingerprint density at radius 1 is 0.912 bits per heavy atom. The second-order valence-corrected chi connectivity index (χ2v) is 10.6. The van der Waals surface area contributed by atoms with Crippen LogP contribution in [-0.2, 0) is 19.4 Å². The predicted molar refractivity (Wildman–Crippen MR) is 129 cm³/mol. The van der Waals surface area contributed by atoms with Gasteiger partial charge in [-0.3, -0.25) is 14.4 Å². The highest BCUT2D eigenvalue weighted by atomic mass is 32.2. The zero-order chi connectivity index (χ0) is 24.9. The fraction of sp³-hybridized carbons (Fsp3) is 0.400. The van der Waals surface area contributed by atoms with Crippen LogP contribution in [0.3, 0.4) is 0 Å². The van der Waals surface area contributed by atoms with Gasteiger partial charge in [0.15, 0.2) is 0 Å². The summed E-state index contributed by atoms with van der Waals surface area (Å²) in [4.78, 5) is 41.6. The number of aryl methyl sites for hydroxylation is 2. The molecule has 0 saturated carbocycles. The first-order chi connectivity index (χ1) is 16.1. The fourth-order valence-electron chi connectivity index (χ4n) is 3.84. The van der Waals surface area contributed by atoms with Crippen LogP contribution in [0.5, 0.6) is 0 Å². The van der Waals surface area contributed by atoms with Crippen LogP contribution in [0.25, 0.3) is 0 Å². The van der Waals surface area contributed by atoms with E-state index in [-0.39, 0.29) is 29.5 Å². The summed E-state index contributed by atoms with van der Waals surface area (Å²) < 4.78 is 27.0. The number of benzene rings is 2. The van der Waals surface area contributed by atoms with Crippen molar-refractivity contribution in [2.75, 3.05) is 26.2 Å². The topological polar surface area (TPSA) is 104 Å². The Kier molecular flexibility index (Phi) is 8.09. The average Bonchev–Trinajstić information content (AvgIpc) is 2.82. The lowest BCUT2D eigenvalue weighted by molar-refractivity contribution is -0.139. The van der Waals surface area contributed by atoms with Gasteiger partial charge in [-0.2, -0.15) is 0 Å². The van der Waals surface area contributed by atoms with E-state index < -0.39 is 27.0 Å². The number of nitrogens with one attached hydrogen (secondary N) is 1. The summed E-state index contributed by atoms with van der Waals surface area (Å²) in [5.41, 5.74) is 1.98. The highest BCUT2D eigenvalue weighted by Crippen LogP contribution is 2.19. The average molecular weight is 486 g/mol. The number of rotatable bonds is 7. The van der Waals surface area contributed by atoms with Gasteiger partial charge in [0, 0.05) is 38.2 Å². The first-order valence-electron chi connectivity index (χ1n) is 11.4. The van der Waals surface area contributed by atoms with E-state index in [1.807, 2.05) is 26.8 Å². The van der Waals surface area contributed by atoms with E-state index in [0.717, 1.165) is 17.5 Å². The van der Waals surface area contributed by atoms with Crippen molar-refractivity contribution < 1.29 is 22.8 Å². The van der Waals surface area contributed by atoms with Crippen LogP contribution in [0.15, 0.2) is 53.4 Å². The van der Waals surface area contributed by atoms with Crippen LogP contribution < -0.4 is 5.32 Å². The van der Waals surface area contributed by atoms with E-state index in [1.54, 1.807) is 35.2 Å². The summed E-state index contributed by atoms with van der Waals surface area (Å²) in [5, 5.41) is 0.690. The molecule has 1 heterocycles. The molecule has 1 fully saturated rings. The maximum Gasteiger partial charge on any atom is 0.261 e. The van der Waals surface area contributed by atoms with E-state index in [0.29, 0.717) is 19.5 Å². The minimum absolute atomic E-state index is 0.0196. The van der Waals surface area contributed by atoms with Gasteiger partial charge in [-0.25, -0.2) is 8.42 Å². The van der Waals surface area contributed by atoms with E-state index >= 15 is 0 Å². The molecule has 3 rings (SSSR count). The molecule has 1 saturated heterocycles. The largest absolute Gasteiger partial charge is 0.339 e. The molecule has 2 aromatic carbocycles. The molecule has 182 valence electrons. The number of hydrogen-bond acceptors (Lipinski definition) is 5. The van der Waals surface area contributed by atoms with Crippen molar-refractivity contribution in [3.63, 3.8) is 0 Å². The van der Waals surface area contributed by atoms with Gasteiger partial charge in [0.2, 0.25) is 21.1 Å². The number of piperazine rings is 1. The molecular weight excluding hydrogens is 454 g/mol. The molecular formula is C25H31N3O5S. The number of carbonyl (C=O) groups excluding carboxylic acids is 3. The molecule has 9 heteroatoms. The lowest BCUT2D eigenvalue weighted by atomic mass is 10.1. The molecule has 0 bridgehead atoms. The quantitative estimate of drug-likeness (QED) is 0.648. The standard InChI is InChI=1S/C25H31N3O5S/c1-4-6-22(29)27-13-15-28(16-14-27)25(31)24(26-23(30)20-8-5-7-19(3)17-20)34(32,33)21-11-9-18(2)10-12-21/h5,7-12,17,24H,4,6,13-16H2,1-3H3,(H,26,30)/t24-/m1/s1. The highest BCUT2D eigenvalue weighted by Gasteiger charge is 2.39. The SMILES string of the molecule is CCCC(=O)N1CCN(C(=O)[C@H](NC(=O)c2cccc(C)c2)S(=O)(=O)c2ccc(C)cc2)CC1. The van der Waals surface area contributed by atoms with Gasteiger partial charge in [0.25, 0.3) is 11.8 Å². The molecule has 8 nitrogen and oxygen atoms in total. The fourth-order valence-corrected chi connectivity index (χ4v) is 5.30. The Morgan fingerprint density at radius 2 is 1.53 bits per heavy atom. The van der Waals surface area contributed by atoms with Crippen LogP contribution >= 0.6 is 0 Å². The molecule has 0 spiro atoms. The number of carbonyl (C=O) groups is 3. The number of sulfone groups is 1. The second-order valence-electron chi connectivity index (χ2n) is 8.54. The van der Waals surface area contributed by atoms with Gasteiger partial charge in [0.1, 0.15) is 0 Å². The van der Waals surface area contributed by atoms with Crippen molar-refractivity contribution in [3.8, 4) is 0 Å². The zero-order valence-corrected chi connectivity index (χ0v) is 20.6. The van der Waals surface area contributed by atoms with Gasteiger partial charge in [-0.1, -0.05) is 42.3 Å². The second kappa shape index (κ2) is 10.8. The Morgan fingerprint density at radius 3 is 2.12 bits per heavy atom. The molecule has 0 radical (unpaired) electrons. The van der Waals surface area contributed by atoms with E-state index in [9.17, 15) is 22.8 Å². The third-order valence-corrected chi connectivity index (χ3v) is 7.70. The smallest absolute Gasteiger partial charge is 0.261 e. The van der Waals surface area contributed by atoms with Crippen molar-refractivity contribution in [2.24, 2.45) is 0 Å². The summed E-state index contributed by atoms with van der Waals surface area (Å²) in [7, 11) is -4.22. The number of hydrogen-bond donors (Lipinski definition) is 1. The molecule has 0 aromatic heterocycles. The lowest BCUT2D eigenvalue weighted by Gasteiger charge is -2.36. The lowest BCUT2D eigenvalue weighted by Crippen LogP contribution is -2.57. The Balaban J connectivity index is 1.87. The number of nitrogens with zero attached hydrogens (tertiary/aromatic N) is 2. The van der Waals surface area contributed by atoms with Crippen molar-refractivity contribution in [1.29, 1.82) is 0 Å². The molecule has 2 aromatic rings. The van der Waals surface area contributed by atoms with E-state index in [1.165, 1.54) is 17.0 Å². The van der Waals surface area contributed by atoms with Gasteiger partial charge in [-0.15, -0.1) is 0 Å². The first kappa shape index (κ1) is 25.4. The van der Waals surface area contributed by atoms with Crippen molar-refractivity contribution in [2.45, 2.75) is 43.9 Å². The number of amides is 3. The van der Waals surface area contributed by atoms with Crippen LogP contribution in [0.4, 0.5) is 0 Å². The molecule has 1 aliphatic heterocycles. The van der Waals surface area contributed by atoms with Gasteiger partial charge >= 0.3 is 0 Å². The van der Waals surface area contributed by atoms with Gasteiger partial charge < -0.3 is 15.1 Å². The molecule has 1 aliphatic rings. The Bertz CT molecular complexity index is 1150. The van der Waals surface area contributed by atoms with Crippen LogP contribution in [-0.4, -0.2) is 67.5 Å². The summed E-state index contributed by atoms with van der Waals surface area (Å²) in [6.45, 7) is 6.64. The predicted octanol–water partition coefficient (Wildman–Crippen LogP) is 2.30. The molecule has 3 amide bonds. The summed E-state index contributed by atoms with van der Waals surface area (Å²) >= 11 is 0. The van der Waals surface area contributed by atoms with Crippen LogP contribution in [0.1, 0.15) is 41.3 Å². The summed E-state index contributed by atoms with van der Waals surface area (Å²) in [6, 6.07) is 12.9. The summed E-state index contributed by atoms with van der Waals surface area (Å²) in [6.07, 6.45) is 1.17. The highest BCUT2D eigenvalue weighted by molar-refractivity contribution is 7.92. The minimum Gasteiger partial charge on any atom is -0.339 e. The van der Waals surface area contributed by atoms with Gasteiger partial charge in [0.05, 0.1) is 4.90 Å². The van der Waals surface area contributed by atoms with Crippen LogP contribution in [0, 0.1) is 13.8 Å². The third-order valence-electron chi connectivity index (χ3n) is 5.83. The maximum atomic E-state index is 13.5. The molecule has 34 heavy (non-hydrogen) atoms. The zero-order valence-electron chi connectivity index (χ0n) is 19.8. The van der Waals surface area contributed by atoms with Crippen molar-refractivity contribution in [3.05, 3.63) is 65.2 Å². The third kappa shape index (κ3) is 5.83. The molecule has 0 aliphatic carbocycles. The van der Waals surface area contributed by atoms with Crippen molar-refractivity contribution in [1.82, 2.24) is 15.1 Å². The molecule has 1 atom stereocenters.